The Hall–Kier alpha value is -3.35. The van der Waals surface area contributed by atoms with Gasteiger partial charge in [-0.15, -0.1) is 0 Å². The van der Waals surface area contributed by atoms with Gasteiger partial charge in [0.05, 0.1) is 13.3 Å². The van der Waals surface area contributed by atoms with Crippen molar-refractivity contribution >= 4 is 23.7 Å². The van der Waals surface area contributed by atoms with Crippen molar-refractivity contribution in [2.75, 3.05) is 12.4 Å². The minimum Gasteiger partial charge on any atom is -0.507 e. The number of benzene rings is 2. The summed E-state index contributed by atoms with van der Waals surface area (Å²) in [5.74, 6) is -0.0724. The Morgan fingerprint density at radius 3 is 2.52 bits per heavy atom. The standard InChI is InChI=1S/C20H23N3O4/c1-13-4-5-16(10-14(13)2)22-19(25)8-9-20(26)23-21-12-15-11-17(27-3)6-7-18(15)24/h4-7,10-12,24H,8-9H2,1-3H3,(H,22,25)(H,23,26). The number of nitrogens with one attached hydrogen (secondary N) is 2. The number of anilines is 1. The largest absolute Gasteiger partial charge is 0.507 e. The maximum absolute atomic E-state index is 11.9. The van der Waals surface area contributed by atoms with Crippen LogP contribution in [0.2, 0.25) is 0 Å². The van der Waals surface area contributed by atoms with Crippen LogP contribution in [0.5, 0.6) is 11.5 Å². The molecule has 27 heavy (non-hydrogen) atoms. The molecule has 3 N–H and O–H groups in total. The first kappa shape index (κ1) is 20.0. The Morgan fingerprint density at radius 1 is 1.07 bits per heavy atom. The number of aryl methyl sites for hydroxylation is 2. The van der Waals surface area contributed by atoms with Crippen LogP contribution >= 0.6 is 0 Å². The molecule has 0 bridgehead atoms. The Labute approximate surface area is 158 Å². The molecule has 2 aromatic rings. The summed E-state index contributed by atoms with van der Waals surface area (Å²) in [5.41, 5.74) is 5.67. The summed E-state index contributed by atoms with van der Waals surface area (Å²) in [6, 6.07) is 10.3. The normalized spacial score (nSPS) is 10.6. The minimum absolute atomic E-state index is 0.00188. The van der Waals surface area contributed by atoms with Crippen molar-refractivity contribution in [3.63, 3.8) is 0 Å². The molecule has 7 nitrogen and oxygen atoms in total. The number of methoxy groups -OCH3 is 1. The summed E-state index contributed by atoms with van der Waals surface area (Å²) >= 11 is 0. The van der Waals surface area contributed by atoms with Crippen molar-refractivity contribution in [2.24, 2.45) is 5.10 Å². The monoisotopic (exact) mass is 369 g/mol. The summed E-state index contributed by atoms with van der Waals surface area (Å²) in [4.78, 5) is 23.8. The molecule has 0 heterocycles. The lowest BCUT2D eigenvalue weighted by Crippen LogP contribution is -2.20. The van der Waals surface area contributed by atoms with E-state index in [4.69, 9.17) is 4.74 Å². The van der Waals surface area contributed by atoms with E-state index in [1.807, 2.05) is 32.0 Å². The Morgan fingerprint density at radius 2 is 1.81 bits per heavy atom. The Balaban J connectivity index is 1.80. The fourth-order valence-electron chi connectivity index (χ4n) is 2.26. The zero-order valence-electron chi connectivity index (χ0n) is 15.6. The van der Waals surface area contributed by atoms with E-state index < -0.39 is 5.91 Å². The highest BCUT2D eigenvalue weighted by Gasteiger charge is 2.07. The van der Waals surface area contributed by atoms with Crippen LogP contribution in [0.1, 0.15) is 29.5 Å². The number of hydrazone groups is 1. The van der Waals surface area contributed by atoms with Gasteiger partial charge in [0, 0.05) is 24.1 Å². The third-order valence-electron chi connectivity index (χ3n) is 4.00. The molecule has 0 saturated carbocycles. The number of phenols is 1. The maximum atomic E-state index is 11.9. The lowest BCUT2D eigenvalue weighted by Gasteiger charge is -2.07. The molecule has 7 heteroatoms. The van der Waals surface area contributed by atoms with E-state index >= 15 is 0 Å². The van der Waals surface area contributed by atoms with E-state index in [9.17, 15) is 14.7 Å². The van der Waals surface area contributed by atoms with Crippen molar-refractivity contribution in [3.8, 4) is 11.5 Å². The van der Waals surface area contributed by atoms with Crippen LogP contribution in [-0.2, 0) is 9.59 Å². The van der Waals surface area contributed by atoms with E-state index in [2.05, 4.69) is 15.8 Å². The van der Waals surface area contributed by atoms with Crippen molar-refractivity contribution in [2.45, 2.75) is 26.7 Å². The second-order valence-corrected chi connectivity index (χ2v) is 6.07. The van der Waals surface area contributed by atoms with Gasteiger partial charge in [-0.2, -0.15) is 5.10 Å². The minimum atomic E-state index is -0.399. The molecule has 0 atom stereocenters. The number of carbonyl (C=O) groups excluding carboxylic acids is 2. The molecule has 0 spiro atoms. The summed E-state index contributed by atoms with van der Waals surface area (Å²) in [6.45, 7) is 3.97. The number of rotatable bonds is 7. The highest BCUT2D eigenvalue weighted by atomic mass is 16.5. The number of phenolic OH excluding ortho intramolecular Hbond substituents is 1. The lowest BCUT2D eigenvalue weighted by atomic mass is 10.1. The molecule has 0 aliphatic carbocycles. The van der Waals surface area contributed by atoms with E-state index in [0.29, 0.717) is 17.0 Å². The van der Waals surface area contributed by atoms with Gasteiger partial charge >= 0.3 is 0 Å². The van der Waals surface area contributed by atoms with Crippen LogP contribution in [0.25, 0.3) is 0 Å². The number of aromatic hydroxyl groups is 1. The molecule has 2 rings (SSSR count). The average Bonchev–Trinajstić information content (AvgIpc) is 2.64. The van der Waals surface area contributed by atoms with Gasteiger partial charge in [-0.05, 0) is 55.3 Å². The summed E-state index contributed by atoms with van der Waals surface area (Å²) in [6.07, 6.45) is 1.35. The zero-order chi connectivity index (χ0) is 19.8. The average molecular weight is 369 g/mol. The zero-order valence-corrected chi connectivity index (χ0v) is 15.6. The van der Waals surface area contributed by atoms with E-state index in [1.165, 1.54) is 19.4 Å². The highest BCUT2D eigenvalue weighted by molar-refractivity contribution is 5.93. The van der Waals surface area contributed by atoms with Gasteiger partial charge in [0.1, 0.15) is 11.5 Å². The first-order valence-electron chi connectivity index (χ1n) is 8.45. The fraction of sp³-hybridized carbons (Fsp3) is 0.250. The van der Waals surface area contributed by atoms with E-state index in [-0.39, 0.29) is 24.5 Å². The van der Waals surface area contributed by atoms with E-state index in [1.54, 1.807) is 12.1 Å². The van der Waals surface area contributed by atoms with E-state index in [0.717, 1.165) is 11.1 Å². The number of ether oxygens (including phenoxy) is 1. The smallest absolute Gasteiger partial charge is 0.240 e. The molecule has 0 fully saturated rings. The lowest BCUT2D eigenvalue weighted by molar-refractivity contribution is -0.124. The van der Waals surface area contributed by atoms with Crippen LogP contribution in [-0.4, -0.2) is 30.2 Å². The number of amides is 2. The molecule has 0 unspecified atom stereocenters. The van der Waals surface area contributed by atoms with Gasteiger partial charge in [-0.3, -0.25) is 9.59 Å². The van der Waals surface area contributed by atoms with Crippen LogP contribution in [0.4, 0.5) is 5.69 Å². The van der Waals surface area contributed by atoms with Crippen molar-refractivity contribution in [3.05, 3.63) is 53.1 Å². The molecule has 0 aliphatic heterocycles. The van der Waals surface area contributed by atoms with Crippen molar-refractivity contribution in [1.82, 2.24) is 5.43 Å². The molecule has 0 radical (unpaired) electrons. The van der Waals surface area contributed by atoms with Crippen molar-refractivity contribution < 1.29 is 19.4 Å². The van der Waals surface area contributed by atoms with Crippen molar-refractivity contribution in [1.29, 1.82) is 0 Å². The third kappa shape index (κ3) is 6.14. The van der Waals surface area contributed by atoms with Gasteiger partial charge in [-0.25, -0.2) is 5.43 Å². The third-order valence-corrected chi connectivity index (χ3v) is 4.00. The molecule has 2 amide bonds. The predicted molar refractivity (Wildman–Crippen MR) is 104 cm³/mol. The van der Waals surface area contributed by atoms with Gasteiger partial charge < -0.3 is 15.2 Å². The topological polar surface area (TPSA) is 100 Å². The number of carbonyl (C=O) groups is 2. The highest BCUT2D eigenvalue weighted by Crippen LogP contribution is 2.21. The summed E-state index contributed by atoms with van der Waals surface area (Å²) < 4.78 is 5.06. The first-order chi connectivity index (χ1) is 12.9. The second kappa shape index (κ2) is 9.38. The second-order valence-electron chi connectivity index (χ2n) is 6.07. The van der Waals surface area contributed by atoms with Gasteiger partial charge in [0.25, 0.3) is 0 Å². The summed E-state index contributed by atoms with van der Waals surface area (Å²) in [7, 11) is 1.51. The number of nitrogens with zero attached hydrogens (tertiary/aromatic N) is 1. The molecule has 2 aromatic carbocycles. The molecule has 0 aliphatic rings. The van der Waals surface area contributed by atoms with Crippen LogP contribution in [0, 0.1) is 13.8 Å². The molecular weight excluding hydrogens is 346 g/mol. The summed E-state index contributed by atoms with van der Waals surface area (Å²) in [5, 5.41) is 16.3. The van der Waals surface area contributed by atoms with Crippen LogP contribution < -0.4 is 15.5 Å². The van der Waals surface area contributed by atoms with Crippen LogP contribution in [0.15, 0.2) is 41.5 Å². The quantitative estimate of drug-likeness (QED) is 0.516. The number of hydrogen-bond donors (Lipinski definition) is 3. The predicted octanol–water partition coefficient (Wildman–Crippen LogP) is 2.89. The molecule has 0 aromatic heterocycles. The maximum Gasteiger partial charge on any atom is 0.240 e. The first-order valence-corrected chi connectivity index (χ1v) is 8.45. The molecule has 0 saturated heterocycles. The van der Waals surface area contributed by atoms with Gasteiger partial charge in [0.2, 0.25) is 11.8 Å². The molecule has 142 valence electrons. The SMILES string of the molecule is COc1ccc(O)c(C=NNC(=O)CCC(=O)Nc2ccc(C)c(C)c2)c1. The molecular formula is C20H23N3O4. The fourth-order valence-corrected chi connectivity index (χ4v) is 2.26. The Kier molecular flexibility index (Phi) is 6.93. The van der Waals surface area contributed by atoms with Crippen LogP contribution in [0.3, 0.4) is 0 Å². The van der Waals surface area contributed by atoms with Gasteiger partial charge in [-0.1, -0.05) is 6.07 Å². The number of hydrogen-bond acceptors (Lipinski definition) is 5. The Bertz CT molecular complexity index is 862. The van der Waals surface area contributed by atoms with Gasteiger partial charge in [0.15, 0.2) is 0 Å².